The summed E-state index contributed by atoms with van der Waals surface area (Å²) in [5, 5.41) is 12.9. The van der Waals surface area contributed by atoms with Crippen LogP contribution in [0.4, 0.5) is 10.1 Å². The Morgan fingerprint density at radius 2 is 1.93 bits per heavy atom. The monoisotopic (exact) mass is 591 g/mol. The summed E-state index contributed by atoms with van der Waals surface area (Å²) < 4.78 is 21.6. The maximum absolute atomic E-state index is 14.3. The number of aromatic nitrogens is 3. The summed E-state index contributed by atoms with van der Waals surface area (Å²) in [6.07, 6.45) is 0.574. The van der Waals surface area contributed by atoms with Gasteiger partial charge in [0.15, 0.2) is 5.65 Å². The molecule has 1 N–H and O–H groups in total. The molecule has 0 unspecified atom stereocenters. The number of anilines is 1. The number of piperazine rings is 1. The first-order valence-electron chi connectivity index (χ1n) is 15.8. The third kappa shape index (κ3) is 5.94. The topological polar surface area (TPSA) is 78.2 Å². The van der Waals surface area contributed by atoms with Crippen LogP contribution in [-0.4, -0.2) is 101 Å². The van der Waals surface area contributed by atoms with Crippen molar-refractivity contribution >= 4 is 17.2 Å². The van der Waals surface area contributed by atoms with Gasteiger partial charge in [-0.1, -0.05) is 39.8 Å². The molecule has 232 valence electrons. The van der Waals surface area contributed by atoms with Gasteiger partial charge in [0.25, 0.3) is 0 Å². The van der Waals surface area contributed by atoms with Crippen LogP contribution < -0.4 is 10.2 Å². The van der Waals surface area contributed by atoms with Gasteiger partial charge >= 0.3 is 0 Å². The van der Waals surface area contributed by atoms with Crippen LogP contribution in [0.1, 0.15) is 70.1 Å². The Morgan fingerprint density at radius 1 is 1.16 bits per heavy atom. The van der Waals surface area contributed by atoms with Crippen LogP contribution >= 0.6 is 0 Å². The molecule has 43 heavy (non-hydrogen) atoms. The molecule has 1 amide bonds. The van der Waals surface area contributed by atoms with Gasteiger partial charge in [0.05, 0.1) is 31.1 Å². The molecule has 3 aromatic rings. The second kappa shape index (κ2) is 11.9. The van der Waals surface area contributed by atoms with Gasteiger partial charge in [0, 0.05) is 74.2 Å². The summed E-state index contributed by atoms with van der Waals surface area (Å²) in [6, 6.07) is 9.68. The van der Waals surface area contributed by atoms with E-state index in [0.717, 1.165) is 73.4 Å². The van der Waals surface area contributed by atoms with E-state index in [-0.39, 0.29) is 29.1 Å². The van der Waals surface area contributed by atoms with E-state index in [1.807, 2.05) is 17.0 Å². The fourth-order valence-corrected chi connectivity index (χ4v) is 7.06. The van der Waals surface area contributed by atoms with Crippen LogP contribution in [-0.2, 0) is 21.4 Å². The molecule has 2 fully saturated rings. The number of hydrogen-bond acceptors (Lipinski definition) is 7. The molecule has 3 atom stereocenters. The molecule has 6 rings (SSSR count). The van der Waals surface area contributed by atoms with Crippen molar-refractivity contribution in [2.75, 3.05) is 57.4 Å². The van der Waals surface area contributed by atoms with Gasteiger partial charge < -0.3 is 15.0 Å². The fraction of sp³-hybridized carbons (Fsp3) is 0.606. The SMILES string of the molecule is CC(C)c1nnc2c(Cc3ccc(F)cc3)cc3c(n12)C(C)(C)CN3C(=O)CN1C[C@@H](C)NC[C@@H]1CN1CCOC[C@H]1C. The number of fused-ring (bicyclic) bond motifs is 3. The highest BCUT2D eigenvalue weighted by Crippen LogP contribution is 2.43. The Bertz CT molecular complexity index is 1470. The minimum Gasteiger partial charge on any atom is -0.379 e. The lowest BCUT2D eigenvalue weighted by molar-refractivity contribution is -0.121. The molecule has 9 nitrogen and oxygen atoms in total. The zero-order chi connectivity index (χ0) is 30.5. The number of benzene rings is 1. The molecule has 0 saturated carbocycles. The summed E-state index contributed by atoms with van der Waals surface area (Å²) in [6.45, 7) is 19.1. The largest absolute Gasteiger partial charge is 0.379 e. The van der Waals surface area contributed by atoms with Crippen molar-refractivity contribution in [3.05, 3.63) is 58.8 Å². The van der Waals surface area contributed by atoms with Crippen molar-refractivity contribution in [1.82, 2.24) is 29.7 Å². The second-order valence-corrected chi connectivity index (χ2v) is 13.8. The highest BCUT2D eigenvalue weighted by Gasteiger charge is 2.43. The van der Waals surface area contributed by atoms with E-state index < -0.39 is 0 Å². The lowest BCUT2D eigenvalue weighted by Crippen LogP contribution is -2.62. The van der Waals surface area contributed by atoms with Crippen molar-refractivity contribution < 1.29 is 13.9 Å². The molecule has 5 heterocycles. The molecule has 3 aliphatic heterocycles. The molecule has 0 spiro atoms. The van der Waals surface area contributed by atoms with Gasteiger partial charge in [0.2, 0.25) is 5.91 Å². The molecule has 3 aliphatic rings. The van der Waals surface area contributed by atoms with E-state index in [0.29, 0.717) is 31.6 Å². The number of carbonyl (C=O) groups excluding carboxylic acids is 1. The second-order valence-electron chi connectivity index (χ2n) is 13.8. The highest BCUT2D eigenvalue weighted by molar-refractivity contribution is 5.98. The van der Waals surface area contributed by atoms with Crippen LogP contribution in [0, 0.1) is 5.82 Å². The molecule has 0 aliphatic carbocycles. The van der Waals surface area contributed by atoms with Crippen LogP contribution in [0.25, 0.3) is 5.65 Å². The van der Waals surface area contributed by atoms with Gasteiger partial charge in [0.1, 0.15) is 11.6 Å². The lowest BCUT2D eigenvalue weighted by Gasteiger charge is -2.43. The molecule has 0 radical (unpaired) electrons. The van der Waals surface area contributed by atoms with E-state index in [1.165, 1.54) is 12.1 Å². The van der Waals surface area contributed by atoms with Gasteiger partial charge in [-0.2, -0.15) is 0 Å². The van der Waals surface area contributed by atoms with Crippen molar-refractivity contribution in [3.8, 4) is 0 Å². The number of nitrogens with one attached hydrogen (secondary N) is 1. The smallest absolute Gasteiger partial charge is 0.241 e. The highest BCUT2D eigenvalue weighted by atomic mass is 19.1. The predicted molar refractivity (Wildman–Crippen MR) is 166 cm³/mol. The van der Waals surface area contributed by atoms with Gasteiger partial charge in [-0.25, -0.2) is 4.39 Å². The zero-order valence-electron chi connectivity index (χ0n) is 26.4. The molecule has 2 saturated heterocycles. The number of nitrogens with zero attached hydrogens (tertiary/aromatic N) is 6. The van der Waals surface area contributed by atoms with Crippen molar-refractivity contribution in [1.29, 1.82) is 0 Å². The van der Waals surface area contributed by atoms with Crippen LogP contribution in [0.5, 0.6) is 0 Å². The van der Waals surface area contributed by atoms with Crippen molar-refractivity contribution in [2.24, 2.45) is 0 Å². The normalized spacial score (nSPS) is 24.7. The number of pyridine rings is 1. The summed E-state index contributed by atoms with van der Waals surface area (Å²) in [7, 11) is 0. The standard InChI is InChI=1S/C33H46FN7O2/c1-21(2)31-36-37-32-25(13-24-7-9-26(34)10-8-24)14-28-30(41(31)32)33(5,6)20-40(28)29(42)18-39-16-22(3)35-15-27(39)17-38-11-12-43-19-23(38)4/h7-10,14,21-23,27,35H,11-13,15-20H2,1-6H3/t22-,23-,27-/m1/s1. The number of amides is 1. The first kappa shape index (κ1) is 30.1. The third-order valence-corrected chi connectivity index (χ3v) is 9.38. The molecular weight excluding hydrogens is 545 g/mol. The van der Waals surface area contributed by atoms with Gasteiger partial charge in [-0.15, -0.1) is 10.2 Å². The minimum atomic E-state index is -0.289. The van der Waals surface area contributed by atoms with Crippen LogP contribution in [0.15, 0.2) is 30.3 Å². The number of carbonyl (C=O) groups is 1. The number of ether oxygens (including phenoxy) is 1. The third-order valence-electron chi connectivity index (χ3n) is 9.38. The Hall–Kier alpha value is -2.92. The van der Waals surface area contributed by atoms with Crippen molar-refractivity contribution in [2.45, 2.75) is 77.4 Å². The van der Waals surface area contributed by atoms with Crippen LogP contribution in [0.2, 0.25) is 0 Å². The average molecular weight is 592 g/mol. The average Bonchev–Trinajstić information content (AvgIpc) is 3.51. The number of hydrogen-bond donors (Lipinski definition) is 1. The molecule has 10 heteroatoms. The molecule has 0 bridgehead atoms. The summed E-state index contributed by atoms with van der Waals surface area (Å²) >= 11 is 0. The Balaban J connectivity index is 1.34. The molecular formula is C33H46FN7O2. The number of halogens is 1. The van der Waals surface area contributed by atoms with Gasteiger partial charge in [-0.05, 0) is 37.6 Å². The minimum absolute atomic E-state index is 0.118. The quantitative estimate of drug-likeness (QED) is 0.450. The Labute approximate surface area is 254 Å². The number of morpholine rings is 1. The zero-order valence-corrected chi connectivity index (χ0v) is 26.4. The lowest BCUT2D eigenvalue weighted by atomic mass is 9.90. The summed E-state index contributed by atoms with van der Waals surface area (Å²) in [5.74, 6) is 0.915. The van der Waals surface area contributed by atoms with E-state index >= 15 is 0 Å². The van der Waals surface area contributed by atoms with E-state index in [1.54, 1.807) is 0 Å². The fourth-order valence-electron chi connectivity index (χ4n) is 7.06. The summed E-state index contributed by atoms with van der Waals surface area (Å²) in [4.78, 5) is 21.2. The maximum Gasteiger partial charge on any atom is 0.241 e. The van der Waals surface area contributed by atoms with E-state index in [4.69, 9.17) is 4.74 Å². The van der Waals surface area contributed by atoms with E-state index in [2.05, 4.69) is 77.3 Å². The number of rotatable bonds is 7. The summed E-state index contributed by atoms with van der Waals surface area (Å²) in [5.41, 5.74) is 4.51. The molecule has 2 aromatic heterocycles. The van der Waals surface area contributed by atoms with Crippen molar-refractivity contribution in [3.63, 3.8) is 0 Å². The first-order valence-corrected chi connectivity index (χ1v) is 15.8. The Morgan fingerprint density at radius 3 is 2.65 bits per heavy atom. The molecule has 1 aromatic carbocycles. The predicted octanol–water partition coefficient (Wildman–Crippen LogP) is 3.59. The maximum atomic E-state index is 14.3. The van der Waals surface area contributed by atoms with Gasteiger partial charge in [-0.3, -0.25) is 19.0 Å². The van der Waals surface area contributed by atoms with E-state index in [9.17, 15) is 9.18 Å². The first-order chi connectivity index (χ1) is 20.5. The Kier molecular flexibility index (Phi) is 8.32. The van der Waals surface area contributed by atoms with Crippen LogP contribution in [0.3, 0.4) is 0 Å².